The van der Waals surface area contributed by atoms with Crippen LogP contribution in [0.3, 0.4) is 0 Å². The lowest BCUT2D eigenvalue weighted by atomic mass is 9.87. The second-order valence-corrected chi connectivity index (χ2v) is 19.7. The minimum Gasteiger partial charge on any atom is -0.462 e. The zero-order valence-electron chi connectivity index (χ0n) is 41.4. The third kappa shape index (κ3) is 19.6. The highest BCUT2D eigenvalue weighted by Crippen LogP contribution is 2.35. The van der Waals surface area contributed by atoms with E-state index >= 15 is 0 Å². The lowest BCUT2D eigenvalue weighted by molar-refractivity contribution is -0.303. The molecular formula is C51H82N4O16. The molecule has 3 saturated heterocycles. The fourth-order valence-corrected chi connectivity index (χ4v) is 9.04. The van der Waals surface area contributed by atoms with Gasteiger partial charge in [-0.25, -0.2) is 4.79 Å². The minimum absolute atomic E-state index is 0.0933. The maximum atomic E-state index is 13.5. The number of likely N-dealkylation sites (tertiary alicyclic amines) is 1. The van der Waals surface area contributed by atoms with Crippen molar-refractivity contribution in [3.8, 4) is 0 Å². The number of cyclic esters (lactones) is 1. The van der Waals surface area contributed by atoms with E-state index in [0.29, 0.717) is 13.0 Å². The first-order valence-corrected chi connectivity index (χ1v) is 24.9. The molecule has 0 radical (unpaired) electrons. The standard InChI is InChI=1S/C51H82N4O16/c1-30-17-15-13-11-9-7-5-6-8-10-12-14-16-18-38(70-49-48(65)44(53)47(64)33(4)69-49)26-42-45(54-50(66)55-22-21-34(52)29-55)41(61)28-51(67,71-42)27-37(58)24-40(60)39(59)20-19-35(56)23-36(57)25-43(62)68-32(3)31(2)46(30)63/h5-18,30-42,44-49,56-61,63-65,67H,19-29,52-53H2,1-4H3,(H,54,66)/b6-5+,9-7+,10-8+,13-11+,14-12+,17-15+,18-16+/t30-,31-,32-,33+,34+,35+,36+,37-,38?,39+,40+,41-,42-,44-,45+,46+,47+,48-,49?,51+/m0/s1. The Kier molecular flexibility index (Phi) is 24.7. The molecule has 71 heavy (non-hydrogen) atoms. The van der Waals surface area contributed by atoms with Crippen LogP contribution in [0.4, 0.5) is 4.79 Å². The number of allylic oxidation sites excluding steroid dienone is 12. The Morgan fingerprint density at radius 2 is 1.30 bits per heavy atom. The van der Waals surface area contributed by atoms with Crippen molar-refractivity contribution in [2.45, 2.75) is 195 Å². The fraction of sp³-hybridized carbons (Fsp3) is 0.686. The van der Waals surface area contributed by atoms with E-state index in [9.17, 15) is 60.7 Å². The molecule has 4 heterocycles. The number of amides is 2. The molecule has 402 valence electrons. The highest BCUT2D eigenvalue weighted by Gasteiger charge is 2.49. The summed E-state index contributed by atoms with van der Waals surface area (Å²) in [5.74, 6) is -3.70. The number of nitrogens with zero attached hydrogens (tertiary/aromatic N) is 1. The van der Waals surface area contributed by atoms with Gasteiger partial charge in [0.1, 0.15) is 12.2 Å². The molecule has 4 rings (SSSR count). The van der Waals surface area contributed by atoms with Crippen molar-refractivity contribution < 1.29 is 79.6 Å². The Bertz CT molecular complexity index is 1850. The molecule has 4 aliphatic heterocycles. The monoisotopic (exact) mass is 1010 g/mol. The molecular weight excluding hydrogens is 925 g/mol. The molecule has 2 bridgehead atoms. The van der Waals surface area contributed by atoms with Crippen LogP contribution in [0.2, 0.25) is 0 Å². The average Bonchev–Trinajstić information content (AvgIpc) is 3.75. The van der Waals surface area contributed by atoms with Gasteiger partial charge in [-0.05, 0) is 39.5 Å². The molecule has 0 aliphatic carbocycles. The van der Waals surface area contributed by atoms with Crippen LogP contribution >= 0.6 is 0 Å². The van der Waals surface area contributed by atoms with Gasteiger partial charge in [0.15, 0.2) is 12.1 Å². The summed E-state index contributed by atoms with van der Waals surface area (Å²) in [5.41, 5.74) is 12.2. The Hall–Kier alpha value is -3.68. The first kappa shape index (κ1) is 59.9. The molecule has 2 amide bonds. The number of carbonyl (C=O) groups excluding carboxylic acids is 2. The number of fused-ring (bicyclic) bond motifs is 2. The third-order valence-corrected chi connectivity index (χ3v) is 13.5. The first-order valence-electron chi connectivity index (χ1n) is 24.9. The topological polar surface area (TPSA) is 341 Å². The second-order valence-electron chi connectivity index (χ2n) is 19.7. The number of aliphatic hydroxyl groups is 10. The summed E-state index contributed by atoms with van der Waals surface area (Å²) in [7, 11) is 0. The van der Waals surface area contributed by atoms with Crippen LogP contribution in [0.15, 0.2) is 85.1 Å². The van der Waals surface area contributed by atoms with E-state index in [1.807, 2.05) is 49.5 Å². The molecule has 15 N–H and O–H groups in total. The molecule has 4 aliphatic rings. The summed E-state index contributed by atoms with van der Waals surface area (Å²) < 4.78 is 23.8. The predicted molar refractivity (Wildman–Crippen MR) is 262 cm³/mol. The number of urea groups is 1. The molecule has 0 aromatic carbocycles. The molecule has 0 saturated carbocycles. The van der Waals surface area contributed by atoms with Crippen LogP contribution in [0.1, 0.15) is 85.5 Å². The van der Waals surface area contributed by atoms with E-state index < -0.39 is 147 Å². The van der Waals surface area contributed by atoms with E-state index in [1.165, 1.54) is 4.90 Å². The van der Waals surface area contributed by atoms with Gasteiger partial charge < -0.3 is 91.7 Å². The molecule has 3 fully saturated rings. The van der Waals surface area contributed by atoms with Crippen LogP contribution < -0.4 is 16.8 Å². The Balaban J connectivity index is 1.60. The summed E-state index contributed by atoms with van der Waals surface area (Å²) >= 11 is 0. The van der Waals surface area contributed by atoms with Crippen LogP contribution in [0.25, 0.3) is 0 Å². The fourth-order valence-electron chi connectivity index (χ4n) is 9.04. The lowest BCUT2D eigenvalue weighted by Gasteiger charge is -2.47. The molecule has 20 heteroatoms. The van der Waals surface area contributed by atoms with Crippen molar-refractivity contribution in [1.29, 1.82) is 0 Å². The Labute approximate surface area is 417 Å². The van der Waals surface area contributed by atoms with Gasteiger partial charge in [-0.3, -0.25) is 4.79 Å². The van der Waals surface area contributed by atoms with E-state index in [1.54, 1.807) is 63.3 Å². The number of hydrogen-bond donors (Lipinski definition) is 13. The lowest BCUT2D eigenvalue weighted by Crippen LogP contribution is -2.64. The summed E-state index contributed by atoms with van der Waals surface area (Å²) in [6.07, 6.45) is 5.66. The molecule has 0 aromatic rings. The summed E-state index contributed by atoms with van der Waals surface area (Å²) in [6.45, 7) is 7.44. The predicted octanol–water partition coefficient (Wildman–Crippen LogP) is 0.122. The number of hydrogen-bond acceptors (Lipinski definition) is 18. The maximum absolute atomic E-state index is 13.5. The number of nitrogens with one attached hydrogen (secondary N) is 1. The number of rotatable bonds is 3. The highest BCUT2D eigenvalue weighted by atomic mass is 16.7. The molecule has 20 atom stereocenters. The number of aliphatic hydroxyl groups excluding tert-OH is 9. The molecule has 0 aromatic heterocycles. The van der Waals surface area contributed by atoms with Crippen LogP contribution in [0.5, 0.6) is 0 Å². The van der Waals surface area contributed by atoms with Crippen LogP contribution in [0, 0.1) is 11.8 Å². The van der Waals surface area contributed by atoms with E-state index in [4.69, 9.17) is 30.4 Å². The highest BCUT2D eigenvalue weighted by molar-refractivity contribution is 5.75. The average molecular weight is 1010 g/mol. The van der Waals surface area contributed by atoms with Crippen LogP contribution in [-0.4, -0.2) is 191 Å². The van der Waals surface area contributed by atoms with Gasteiger partial charge in [0.2, 0.25) is 0 Å². The largest absolute Gasteiger partial charge is 0.462 e. The van der Waals surface area contributed by atoms with Gasteiger partial charge in [0, 0.05) is 56.7 Å². The van der Waals surface area contributed by atoms with E-state index in [0.717, 1.165) is 0 Å². The van der Waals surface area contributed by atoms with Crippen molar-refractivity contribution >= 4 is 12.0 Å². The van der Waals surface area contributed by atoms with E-state index in [-0.39, 0.29) is 44.2 Å². The minimum atomic E-state index is -2.25. The third-order valence-electron chi connectivity index (χ3n) is 13.5. The summed E-state index contributed by atoms with van der Waals surface area (Å²) in [5, 5.41) is 113. The Morgan fingerprint density at radius 1 is 0.690 bits per heavy atom. The summed E-state index contributed by atoms with van der Waals surface area (Å²) in [6, 6.07) is -3.05. The van der Waals surface area contributed by atoms with Gasteiger partial charge in [-0.15, -0.1) is 0 Å². The number of nitrogens with two attached hydrogens (primary N) is 2. The van der Waals surface area contributed by atoms with Crippen molar-refractivity contribution in [3.63, 3.8) is 0 Å². The molecule has 20 nitrogen and oxygen atoms in total. The number of ether oxygens (including phenoxy) is 4. The zero-order valence-corrected chi connectivity index (χ0v) is 41.4. The van der Waals surface area contributed by atoms with Crippen molar-refractivity contribution in [2.24, 2.45) is 23.3 Å². The van der Waals surface area contributed by atoms with Crippen molar-refractivity contribution in [3.05, 3.63) is 85.1 Å². The van der Waals surface area contributed by atoms with Crippen LogP contribution in [-0.2, 0) is 23.7 Å². The Morgan fingerprint density at radius 3 is 1.90 bits per heavy atom. The first-order chi connectivity index (χ1) is 33.6. The molecule has 2 unspecified atom stereocenters. The number of carbonyl (C=O) groups is 2. The second kappa shape index (κ2) is 29.3. The molecule has 0 spiro atoms. The van der Waals surface area contributed by atoms with Gasteiger partial charge >= 0.3 is 12.0 Å². The number of esters is 1. The van der Waals surface area contributed by atoms with Crippen molar-refractivity contribution in [1.82, 2.24) is 10.2 Å². The smallest absolute Gasteiger partial charge is 0.317 e. The van der Waals surface area contributed by atoms with Gasteiger partial charge in [-0.2, -0.15) is 0 Å². The van der Waals surface area contributed by atoms with Gasteiger partial charge in [-0.1, -0.05) is 98.9 Å². The maximum Gasteiger partial charge on any atom is 0.317 e. The summed E-state index contributed by atoms with van der Waals surface area (Å²) in [4.78, 5) is 27.7. The zero-order chi connectivity index (χ0) is 52.4. The van der Waals surface area contributed by atoms with E-state index in [2.05, 4.69) is 5.32 Å². The van der Waals surface area contributed by atoms with Crippen molar-refractivity contribution in [2.75, 3.05) is 13.1 Å². The van der Waals surface area contributed by atoms with Gasteiger partial charge in [0.25, 0.3) is 0 Å². The SMILES string of the molecule is C[C@@H]1[C@H](O)[C@@H](C)/C=C/C=C/C=C/C=C/C=C/C=C/C=C/C(OC2O[C@H](C)[C@@H](O)[C@H](N)[C@@H]2O)C[C@@H]2O[C@](O)(C[C@@H](O)C[C@@H](O)[C@H](O)CC[C@@H](O)C[C@@H](O)CC(=O)O[C@H]1C)C[C@H](O)[C@H]2NC(=O)N1CC[C@@H](N)C1. The normalized spacial score (nSPS) is 44.8. The van der Waals surface area contributed by atoms with Gasteiger partial charge in [0.05, 0.1) is 85.6 Å². The quantitative estimate of drug-likeness (QED) is 0.167.